The second-order valence-corrected chi connectivity index (χ2v) is 9.35. The number of ether oxygens (including phenoxy) is 1. The van der Waals surface area contributed by atoms with Crippen LogP contribution in [0.15, 0.2) is 48.5 Å². The zero-order valence-electron chi connectivity index (χ0n) is 27.8. The van der Waals surface area contributed by atoms with Crippen molar-refractivity contribution in [1.29, 1.82) is 10.5 Å². The minimum absolute atomic E-state index is 0. The molecule has 1 saturated heterocycles. The summed E-state index contributed by atoms with van der Waals surface area (Å²) in [5.74, 6) is -1.43. The molecule has 3 atom stereocenters. The van der Waals surface area contributed by atoms with Crippen LogP contribution in [-0.4, -0.2) is 72.3 Å². The molecule has 3 rings (SSSR count). The Morgan fingerprint density at radius 1 is 1.09 bits per heavy atom. The third-order valence-electron chi connectivity index (χ3n) is 5.59. The fourth-order valence-electron chi connectivity index (χ4n) is 3.35. The van der Waals surface area contributed by atoms with Crippen LogP contribution in [0.4, 0.5) is 11.4 Å². The van der Waals surface area contributed by atoms with Gasteiger partial charge in [0, 0.05) is 44.1 Å². The molecular weight excluding hydrogens is 587 g/mol. The maximum Gasteiger partial charge on any atom is 1.00 e. The molecule has 0 amide bonds. The maximum atomic E-state index is 11.7. The van der Waals surface area contributed by atoms with E-state index in [9.17, 15) is 14.7 Å². The molecule has 1 aliphatic heterocycles. The largest absolute Gasteiger partial charge is 1.00 e. The number of anilines is 2. The number of nitriles is 2. The summed E-state index contributed by atoms with van der Waals surface area (Å²) in [4.78, 5) is 23.5. The molecule has 1 fully saturated rings. The van der Waals surface area contributed by atoms with Crippen LogP contribution in [0.5, 0.6) is 0 Å². The summed E-state index contributed by atoms with van der Waals surface area (Å²) in [7, 11) is 0. The molecule has 2 aromatic rings. The summed E-state index contributed by atoms with van der Waals surface area (Å²) in [6, 6.07) is 19.9. The molecular formula is C33H49N4NaO7. The average molecular weight is 637 g/mol. The Balaban J connectivity index is -0.000000560. The van der Waals surface area contributed by atoms with Crippen LogP contribution in [0.25, 0.3) is 0 Å². The maximum absolute atomic E-state index is 11.7. The van der Waals surface area contributed by atoms with E-state index in [-0.39, 0.29) is 48.6 Å². The summed E-state index contributed by atoms with van der Waals surface area (Å²) in [6.45, 7) is 12.3. The molecule has 11 nitrogen and oxygen atoms in total. The SMILES string of the molecule is CCO.CCOC(O)C(C)=O.CC[O-].Cc1ccc(N2CCC(C#N)C(=O)C2O)cc1.Cc1ccc(NCCCC#N)cc1.[Na+]. The molecule has 244 valence electrons. The van der Waals surface area contributed by atoms with E-state index in [1.54, 1.807) is 25.7 Å². The second kappa shape index (κ2) is 29.8. The van der Waals surface area contributed by atoms with Gasteiger partial charge in [0.25, 0.3) is 0 Å². The van der Waals surface area contributed by atoms with Crippen molar-refractivity contribution in [2.75, 3.05) is 43.1 Å². The first kappa shape index (κ1) is 46.6. The third-order valence-corrected chi connectivity index (χ3v) is 5.59. The van der Waals surface area contributed by atoms with E-state index < -0.39 is 24.2 Å². The van der Waals surface area contributed by atoms with Gasteiger partial charge in [-0.3, -0.25) is 9.59 Å². The fourth-order valence-corrected chi connectivity index (χ4v) is 3.35. The number of hydrogen-bond donors (Lipinski definition) is 4. The molecule has 1 aliphatic rings. The Labute approximate surface area is 290 Å². The smallest absolute Gasteiger partial charge is 0.855 e. The van der Waals surface area contributed by atoms with Crippen molar-refractivity contribution >= 4 is 22.9 Å². The van der Waals surface area contributed by atoms with Crippen molar-refractivity contribution in [2.24, 2.45) is 5.92 Å². The monoisotopic (exact) mass is 636 g/mol. The molecule has 0 bridgehead atoms. The van der Waals surface area contributed by atoms with E-state index in [2.05, 4.69) is 47.3 Å². The molecule has 3 unspecified atom stereocenters. The van der Waals surface area contributed by atoms with Gasteiger partial charge in [-0.25, -0.2) is 0 Å². The van der Waals surface area contributed by atoms with E-state index >= 15 is 0 Å². The topological polar surface area (TPSA) is 190 Å². The Kier molecular flexibility index (Phi) is 30.9. The number of carbonyl (C=O) groups is 2. The Morgan fingerprint density at radius 3 is 1.98 bits per heavy atom. The van der Waals surface area contributed by atoms with Crippen LogP contribution in [-0.2, 0) is 14.3 Å². The number of rotatable bonds is 8. The van der Waals surface area contributed by atoms with Crippen LogP contribution < -0.4 is 44.9 Å². The molecule has 2 aromatic carbocycles. The Hall–Kier alpha value is -2.84. The van der Waals surface area contributed by atoms with Crippen molar-refractivity contribution < 1.29 is 64.3 Å². The number of nitrogens with zero attached hydrogens (tertiary/aromatic N) is 3. The van der Waals surface area contributed by atoms with Crippen molar-refractivity contribution in [2.45, 2.75) is 73.3 Å². The van der Waals surface area contributed by atoms with Gasteiger partial charge in [-0.1, -0.05) is 42.3 Å². The zero-order valence-corrected chi connectivity index (χ0v) is 29.8. The van der Waals surface area contributed by atoms with Crippen LogP contribution in [0, 0.1) is 42.4 Å². The number of Topliss-reactive ketones (excluding diaryl/α,β-unsaturated/α-hetero) is 2. The van der Waals surface area contributed by atoms with Gasteiger partial charge in [0.2, 0.25) is 6.29 Å². The van der Waals surface area contributed by atoms with E-state index in [0.29, 0.717) is 26.0 Å². The predicted molar refractivity (Wildman–Crippen MR) is 169 cm³/mol. The fraction of sp³-hybridized carbons (Fsp3) is 0.515. The number of piperidine rings is 1. The number of unbranched alkanes of at least 4 members (excludes halogenated alkanes) is 1. The number of ketones is 2. The first-order valence-electron chi connectivity index (χ1n) is 14.6. The Bertz CT molecular complexity index is 1120. The standard InChI is InChI=1S/C13H14N2O2.C11H14N2.C5H10O3.C2H6O.C2H5O.Na/c1-9-2-4-11(5-3-9)15-7-6-10(8-14)12(16)13(15)17;1-10-4-6-11(7-5-10)13-9-3-2-8-12;1-3-8-5(7)4(2)6;2*1-2-3;/h2-5,10,13,17H,6-7H2,1H3;4-7,13H,2-3,9H2,1H3;5,7H,3H2,1-2H3;3H,2H2,1H3;2H2,1H3;/q;;;;-1;+1. The van der Waals surface area contributed by atoms with Crippen molar-refractivity contribution in [3.63, 3.8) is 0 Å². The van der Waals surface area contributed by atoms with E-state index in [0.717, 1.165) is 29.9 Å². The first-order chi connectivity index (χ1) is 21.0. The molecule has 0 radical (unpaired) electrons. The van der Waals surface area contributed by atoms with Gasteiger partial charge < -0.3 is 35.4 Å². The van der Waals surface area contributed by atoms with Gasteiger partial charge in [0.15, 0.2) is 17.8 Å². The second-order valence-electron chi connectivity index (χ2n) is 9.35. The normalized spacial score (nSPS) is 15.1. The van der Waals surface area contributed by atoms with Crippen LogP contribution in [0.2, 0.25) is 0 Å². The summed E-state index contributed by atoms with van der Waals surface area (Å²) in [5, 5.41) is 55.3. The quantitative estimate of drug-likeness (QED) is 0.176. The molecule has 1 heterocycles. The zero-order chi connectivity index (χ0) is 33.9. The van der Waals surface area contributed by atoms with E-state index in [1.807, 2.05) is 37.3 Å². The molecule has 4 N–H and O–H groups in total. The average Bonchev–Trinajstić information content (AvgIpc) is 3.00. The Morgan fingerprint density at radius 2 is 1.58 bits per heavy atom. The molecule has 45 heavy (non-hydrogen) atoms. The van der Waals surface area contributed by atoms with Gasteiger partial charge in [-0.05, 0) is 71.7 Å². The molecule has 0 aliphatic carbocycles. The minimum atomic E-state index is -1.22. The predicted octanol–water partition coefficient (Wildman–Crippen LogP) is 0.243. The molecule has 0 aromatic heterocycles. The van der Waals surface area contributed by atoms with Crippen LogP contribution in [0.1, 0.15) is 58.1 Å². The number of aliphatic hydroxyl groups is 3. The number of benzene rings is 2. The number of aliphatic hydroxyl groups excluding tert-OH is 3. The molecule has 12 heteroatoms. The van der Waals surface area contributed by atoms with Crippen LogP contribution >= 0.6 is 0 Å². The number of carbonyl (C=O) groups excluding carboxylic acids is 2. The van der Waals surface area contributed by atoms with Gasteiger partial charge in [-0.2, -0.15) is 10.5 Å². The van der Waals surface area contributed by atoms with Gasteiger partial charge >= 0.3 is 29.6 Å². The van der Waals surface area contributed by atoms with E-state index in [1.165, 1.54) is 12.5 Å². The summed E-state index contributed by atoms with van der Waals surface area (Å²) >= 11 is 0. The van der Waals surface area contributed by atoms with Crippen molar-refractivity contribution in [3.8, 4) is 12.1 Å². The van der Waals surface area contributed by atoms with E-state index in [4.69, 9.17) is 25.8 Å². The van der Waals surface area contributed by atoms with Gasteiger partial charge in [-0.15, -0.1) is 6.61 Å². The molecule has 0 spiro atoms. The minimum Gasteiger partial charge on any atom is -0.855 e. The number of aryl methyl sites for hydroxylation is 2. The first-order valence-corrected chi connectivity index (χ1v) is 14.6. The number of nitrogens with one attached hydrogen (secondary N) is 1. The van der Waals surface area contributed by atoms with Gasteiger partial charge in [0.05, 0.1) is 12.1 Å². The summed E-state index contributed by atoms with van der Waals surface area (Å²) < 4.78 is 4.51. The third kappa shape index (κ3) is 22.3. The van der Waals surface area contributed by atoms with Crippen molar-refractivity contribution in [3.05, 3.63) is 59.7 Å². The summed E-state index contributed by atoms with van der Waals surface area (Å²) in [6.07, 6.45) is -0.417. The van der Waals surface area contributed by atoms with Crippen LogP contribution in [0.3, 0.4) is 0 Å². The summed E-state index contributed by atoms with van der Waals surface area (Å²) in [5.41, 5.74) is 4.33. The molecule has 0 saturated carbocycles. The van der Waals surface area contributed by atoms with Crippen molar-refractivity contribution in [1.82, 2.24) is 0 Å². The number of hydrogen-bond acceptors (Lipinski definition) is 11. The van der Waals surface area contributed by atoms with Gasteiger partial charge in [0.1, 0.15) is 5.92 Å².